The first kappa shape index (κ1) is 25.5. The smallest absolute Gasteiger partial charge is 0.329 e. The lowest BCUT2D eigenvalue weighted by molar-refractivity contribution is -0.155. The van der Waals surface area contributed by atoms with Crippen LogP contribution in [0.5, 0.6) is 0 Å². The van der Waals surface area contributed by atoms with E-state index in [1.807, 2.05) is 51.1 Å². The lowest BCUT2D eigenvalue weighted by atomic mass is 10.1. The Hall–Kier alpha value is -4.59. The van der Waals surface area contributed by atoms with Crippen LogP contribution in [0.1, 0.15) is 32.1 Å². The molecule has 0 saturated heterocycles. The van der Waals surface area contributed by atoms with Gasteiger partial charge < -0.3 is 19.0 Å². The van der Waals surface area contributed by atoms with Gasteiger partial charge in [-0.05, 0) is 57.2 Å². The van der Waals surface area contributed by atoms with E-state index in [0.717, 1.165) is 21.4 Å². The van der Waals surface area contributed by atoms with Gasteiger partial charge in [-0.3, -0.25) is 9.59 Å². The highest BCUT2D eigenvalue weighted by atomic mass is 16.6. The number of hydrogen-bond acceptors (Lipinski definition) is 5. The molecule has 0 spiro atoms. The van der Waals surface area contributed by atoms with E-state index in [1.54, 1.807) is 53.2 Å². The third-order valence-corrected chi connectivity index (χ3v) is 5.38. The summed E-state index contributed by atoms with van der Waals surface area (Å²) in [6, 6.07) is 19.2. The van der Waals surface area contributed by atoms with Crippen molar-refractivity contribution in [2.24, 2.45) is 0 Å². The molecule has 2 aromatic heterocycles. The third kappa shape index (κ3) is 6.55. The van der Waals surface area contributed by atoms with Crippen molar-refractivity contribution in [3.8, 4) is 0 Å². The normalized spacial score (nSPS) is 11.5. The molecule has 190 valence electrons. The van der Waals surface area contributed by atoms with Crippen molar-refractivity contribution in [2.45, 2.75) is 39.5 Å². The van der Waals surface area contributed by atoms with E-state index in [9.17, 15) is 14.4 Å². The number of aromatic nitrogens is 1. The first-order chi connectivity index (χ1) is 17.7. The van der Waals surface area contributed by atoms with Gasteiger partial charge >= 0.3 is 12.0 Å². The molecule has 1 N–H and O–H groups in total. The Morgan fingerprint density at radius 2 is 1.73 bits per heavy atom. The number of carbonyl (C=O) groups is 3. The van der Waals surface area contributed by atoms with Gasteiger partial charge in [0.05, 0.1) is 18.5 Å². The minimum Gasteiger partial charge on any atom is -0.467 e. The van der Waals surface area contributed by atoms with Crippen LogP contribution in [0.4, 0.5) is 10.5 Å². The summed E-state index contributed by atoms with van der Waals surface area (Å²) in [6.07, 6.45) is 6.30. The molecule has 0 fully saturated rings. The zero-order valence-corrected chi connectivity index (χ0v) is 21.0. The fourth-order valence-corrected chi connectivity index (χ4v) is 3.86. The fraction of sp³-hybridized carbons (Fsp3) is 0.207. The number of imide groups is 1. The second-order valence-electron chi connectivity index (χ2n) is 9.40. The van der Waals surface area contributed by atoms with Crippen LogP contribution in [0.25, 0.3) is 17.0 Å². The number of urea groups is 1. The first-order valence-electron chi connectivity index (χ1n) is 11.9. The molecule has 4 rings (SSSR count). The molecule has 8 heteroatoms. The lowest BCUT2D eigenvalue weighted by Gasteiger charge is -2.19. The van der Waals surface area contributed by atoms with Gasteiger partial charge in [0.25, 0.3) is 5.91 Å². The summed E-state index contributed by atoms with van der Waals surface area (Å²) in [6.45, 7) is 5.64. The number of anilines is 1. The monoisotopic (exact) mass is 499 g/mol. The maximum absolute atomic E-state index is 13.3. The standard InChI is InChI=1S/C29H29N3O5/c1-29(2,3)37-27(34)20-31-19-21(24-13-7-8-14-25(24)31)15-16-26(33)32(22-10-5-4-6-11-22)28(35)30-18-23-12-9-17-36-23/h4-17,19H,18,20H2,1-3H3,(H,30,35). The van der Waals surface area contributed by atoms with Crippen LogP contribution in [0, 0.1) is 0 Å². The number of nitrogens with one attached hydrogen (secondary N) is 1. The third-order valence-electron chi connectivity index (χ3n) is 5.38. The highest BCUT2D eigenvalue weighted by molar-refractivity contribution is 6.19. The van der Waals surface area contributed by atoms with Gasteiger partial charge in [-0.1, -0.05) is 36.4 Å². The van der Waals surface area contributed by atoms with Gasteiger partial charge in [0, 0.05) is 28.7 Å². The van der Waals surface area contributed by atoms with Crippen molar-refractivity contribution >= 4 is 40.6 Å². The molecule has 3 amide bonds. The maximum Gasteiger partial charge on any atom is 0.329 e. The number of furan rings is 1. The molecule has 0 bridgehead atoms. The van der Waals surface area contributed by atoms with E-state index in [1.165, 1.54) is 12.3 Å². The second kappa shape index (κ2) is 11.0. The van der Waals surface area contributed by atoms with Gasteiger partial charge in [-0.2, -0.15) is 0 Å². The lowest BCUT2D eigenvalue weighted by Crippen LogP contribution is -2.43. The maximum atomic E-state index is 13.3. The molecule has 0 aliphatic rings. The Morgan fingerprint density at radius 3 is 2.43 bits per heavy atom. The summed E-state index contributed by atoms with van der Waals surface area (Å²) in [5.74, 6) is -0.308. The highest BCUT2D eigenvalue weighted by Gasteiger charge is 2.22. The average molecular weight is 500 g/mol. The van der Waals surface area contributed by atoms with Gasteiger partial charge in [0.1, 0.15) is 17.9 Å². The molecule has 0 unspecified atom stereocenters. The average Bonchev–Trinajstić information content (AvgIpc) is 3.49. The van der Waals surface area contributed by atoms with E-state index in [0.29, 0.717) is 11.4 Å². The van der Waals surface area contributed by atoms with E-state index in [4.69, 9.17) is 9.15 Å². The van der Waals surface area contributed by atoms with Crippen molar-refractivity contribution in [1.29, 1.82) is 0 Å². The molecular formula is C29H29N3O5. The largest absolute Gasteiger partial charge is 0.467 e. The van der Waals surface area contributed by atoms with Crippen molar-refractivity contribution in [3.05, 3.63) is 96.6 Å². The molecule has 4 aromatic rings. The number of para-hydroxylation sites is 2. The molecule has 2 heterocycles. The van der Waals surface area contributed by atoms with Crippen molar-refractivity contribution in [3.63, 3.8) is 0 Å². The predicted molar refractivity (Wildman–Crippen MR) is 142 cm³/mol. The zero-order valence-electron chi connectivity index (χ0n) is 21.0. The topological polar surface area (TPSA) is 93.8 Å². The number of rotatable bonds is 7. The molecule has 37 heavy (non-hydrogen) atoms. The minimum absolute atomic E-state index is 0.0326. The molecule has 0 radical (unpaired) electrons. The first-order valence-corrected chi connectivity index (χ1v) is 11.9. The molecule has 0 atom stereocenters. The van der Waals surface area contributed by atoms with Crippen LogP contribution in [-0.4, -0.2) is 28.1 Å². The van der Waals surface area contributed by atoms with E-state index in [-0.39, 0.29) is 19.1 Å². The van der Waals surface area contributed by atoms with Crippen LogP contribution in [0.15, 0.2) is 89.7 Å². The Kier molecular flexibility index (Phi) is 7.57. The number of esters is 1. The number of amides is 3. The van der Waals surface area contributed by atoms with E-state index >= 15 is 0 Å². The molecule has 2 aromatic carbocycles. The SMILES string of the molecule is CC(C)(C)OC(=O)Cn1cc(C=CC(=O)N(C(=O)NCc2ccco2)c2ccccc2)c2ccccc21. The summed E-state index contributed by atoms with van der Waals surface area (Å²) in [5, 5.41) is 3.58. The Labute approximate surface area is 215 Å². The van der Waals surface area contributed by atoms with Crippen LogP contribution in [0.2, 0.25) is 0 Å². The van der Waals surface area contributed by atoms with Gasteiger partial charge in [0.2, 0.25) is 0 Å². The van der Waals surface area contributed by atoms with Crippen LogP contribution in [-0.2, 0) is 27.4 Å². The highest BCUT2D eigenvalue weighted by Crippen LogP contribution is 2.24. The summed E-state index contributed by atoms with van der Waals surface area (Å²) in [5.41, 5.74) is 1.41. The number of ether oxygens (including phenoxy) is 1. The summed E-state index contributed by atoms with van der Waals surface area (Å²) in [7, 11) is 0. The minimum atomic E-state index is -0.590. The zero-order chi connectivity index (χ0) is 26.4. The summed E-state index contributed by atoms with van der Waals surface area (Å²) < 4.78 is 12.5. The number of carbonyl (C=O) groups excluding carboxylic acids is 3. The van der Waals surface area contributed by atoms with E-state index in [2.05, 4.69) is 5.32 Å². The number of fused-ring (bicyclic) bond motifs is 1. The van der Waals surface area contributed by atoms with Crippen LogP contribution >= 0.6 is 0 Å². The van der Waals surface area contributed by atoms with Crippen LogP contribution < -0.4 is 10.2 Å². The molecule has 0 aliphatic carbocycles. The van der Waals surface area contributed by atoms with E-state index < -0.39 is 17.5 Å². The van der Waals surface area contributed by atoms with Gasteiger partial charge in [-0.25, -0.2) is 9.69 Å². The molecule has 0 aliphatic heterocycles. The quantitative estimate of drug-likeness (QED) is 0.266. The molecule has 8 nitrogen and oxygen atoms in total. The summed E-state index contributed by atoms with van der Waals surface area (Å²) in [4.78, 5) is 39.8. The number of nitrogens with zero attached hydrogens (tertiary/aromatic N) is 2. The predicted octanol–water partition coefficient (Wildman–Crippen LogP) is 5.53. The molecule has 0 saturated carbocycles. The number of hydrogen-bond donors (Lipinski definition) is 1. The van der Waals surface area contributed by atoms with Gasteiger partial charge in [-0.15, -0.1) is 0 Å². The second-order valence-corrected chi connectivity index (χ2v) is 9.40. The Morgan fingerprint density at radius 1 is 1.00 bits per heavy atom. The van der Waals surface area contributed by atoms with Gasteiger partial charge in [0.15, 0.2) is 0 Å². The Bertz CT molecular complexity index is 1410. The molecular weight excluding hydrogens is 470 g/mol. The summed E-state index contributed by atoms with van der Waals surface area (Å²) >= 11 is 0. The van der Waals surface area contributed by atoms with Crippen molar-refractivity contribution in [2.75, 3.05) is 4.90 Å². The van der Waals surface area contributed by atoms with Crippen LogP contribution in [0.3, 0.4) is 0 Å². The fourth-order valence-electron chi connectivity index (χ4n) is 3.86. The Balaban J connectivity index is 1.58. The van der Waals surface area contributed by atoms with Crippen molar-refractivity contribution < 1.29 is 23.5 Å². The van der Waals surface area contributed by atoms with Crippen molar-refractivity contribution in [1.82, 2.24) is 9.88 Å². The number of benzene rings is 2.